The Balaban J connectivity index is 1.64. The predicted molar refractivity (Wildman–Crippen MR) is 100 cm³/mol. The first-order valence-corrected chi connectivity index (χ1v) is 9.37. The lowest BCUT2D eigenvalue weighted by atomic mass is 9.68. The van der Waals surface area contributed by atoms with Crippen LogP contribution in [-0.2, 0) is 9.47 Å². The van der Waals surface area contributed by atoms with Crippen molar-refractivity contribution in [3.05, 3.63) is 58.7 Å². The van der Waals surface area contributed by atoms with Gasteiger partial charge in [-0.2, -0.15) is 0 Å². The van der Waals surface area contributed by atoms with Crippen molar-refractivity contribution in [2.24, 2.45) is 0 Å². The van der Waals surface area contributed by atoms with Gasteiger partial charge in [-0.05, 0) is 29.8 Å². The van der Waals surface area contributed by atoms with Gasteiger partial charge in [0.1, 0.15) is 5.60 Å². The quantitative estimate of drug-likeness (QED) is 0.788. The number of aliphatic hydroxyl groups is 2. The van der Waals surface area contributed by atoms with E-state index in [1.54, 1.807) is 19.1 Å². The smallest absolute Gasteiger partial charge is 0.195 e. The zero-order valence-corrected chi connectivity index (χ0v) is 15.4. The zero-order valence-electron chi connectivity index (χ0n) is 15.4. The number of carbonyl (C=O) groups excluding carboxylic acids is 2. The first kappa shape index (κ1) is 17.7. The van der Waals surface area contributed by atoms with E-state index in [0.29, 0.717) is 24.3 Å². The Hall–Kier alpha value is -2.38. The fraction of sp³-hybridized carbons (Fsp3) is 0.364. The standard InChI is InChI=1S/C22H20O6/c1-21(27-6-7-28-21)22(26)10-16-18(17(23)11-22)20(25)15-9-13-5-3-2-4-12(13)8-14(15)19(16)24/h2-5,8-9,17,23,26H,6-7,10-11H2,1H3/t17-,22+/m0/s1. The molecule has 3 aliphatic rings. The minimum absolute atomic E-state index is 0.0825. The first-order chi connectivity index (χ1) is 13.3. The number of benzene rings is 2. The molecule has 6 heteroatoms. The topological polar surface area (TPSA) is 93.1 Å². The van der Waals surface area contributed by atoms with Crippen LogP contribution in [0.25, 0.3) is 10.8 Å². The molecule has 1 heterocycles. The molecule has 0 saturated carbocycles. The number of Topliss-reactive ketones (excluding diaryl/α,β-unsaturated/α-hetero) is 2. The van der Waals surface area contributed by atoms with Gasteiger partial charge in [0, 0.05) is 35.1 Å². The average molecular weight is 380 g/mol. The maximum absolute atomic E-state index is 13.3. The summed E-state index contributed by atoms with van der Waals surface area (Å²) >= 11 is 0. The molecule has 28 heavy (non-hydrogen) atoms. The summed E-state index contributed by atoms with van der Waals surface area (Å²) in [5.41, 5.74) is -0.774. The van der Waals surface area contributed by atoms with Gasteiger partial charge in [0.05, 0.1) is 19.3 Å². The zero-order chi connectivity index (χ0) is 19.7. The van der Waals surface area contributed by atoms with Crippen molar-refractivity contribution in [3.63, 3.8) is 0 Å². The Bertz CT molecular complexity index is 1060. The summed E-state index contributed by atoms with van der Waals surface area (Å²) in [7, 11) is 0. The van der Waals surface area contributed by atoms with Crippen LogP contribution in [0.5, 0.6) is 0 Å². The Labute approximate surface area is 161 Å². The van der Waals surface area contributed by atoms with E-state index in [-0.39, 0.29) is 35.6 Å². The second-order valence-electron chi connectivity index (χ2n) is 7.87. The minimum Gasteiger partial charge on any atom is -0.388 e. The number of hydrogen-bond donors (Lipinski definition) is 2. The molecule has 0 amide bonds. The number of carbonyl (C=O) groups is 2. The van der Waals surface area contributed by atoms with Crippen LogP contribution in [-0.4, -0.2) is 52.5 Å². The highest BCUT2D eigenvalue weighted by Crippen LogP contribution is 2.47. The lowest BCUT2D eigenvalue weighted by Gasteiger charge is -2.45. The number of aliphatic hydroxyl groups excluding tert-OH is 1. The van der Waals surface area contributed by atoms with Crippen molar-refractivity contribution in [2.75, 3.05) is 13.2 Å². The van der Waals surface area contributed by atoms with Gasteiger partial charge in [0.2, 0.25) is 0 Å². The monoisotopic (exact) mass is 380 g/mol. The summed E-state index contributed by atoms with van der Waals surface area (Å²) in [5, 5.41) is 23.7. The van der Waals surface area contributed by atoms with Gasteiger partial charge < -0.3 is 19.7 Å². The van der Waals surface area contributed by atoms with Crippen LogP contribution in [0.1, 0.15) is 40.5 Å². The van der Waals surface area contributed by atoms with Gasteiger partial charge in [-0.15, -0.1) is 0 Å². The lowest BCUT2D eigenvalue weighted by Crippen LogP contribution is -2.58. The Morgan fingerprint density at radius 2 is 1.57 bits per heavy atom. The summed E-state index contributed by atoms with van der Waals surface area (Å²) in [6, 6.07) is 10.9. The van der Waals surface area contributed by atoms with Gasteiger partial charge >= 0.3 is 0 Å². The molecule has 0 radical (unpaired) electrons. The van der Waals surface area contributed by atoms with E-state index in [9.17, 15) is 19.8 Å². The highest BCUT2D eigenvalue weighted by Gasteiger charge is 2.57. The summed E-state index contributed by atoms with van der Waals surface area (Å²) in [6.45, 7) is 2.25. The maximum atomic E-state index is 13.3. The molecule has 2 aliphatic carbocycles. The number of fused-ring (bicyclic) bond motifs is 2. The van der Waals surface area contributed by atoms with Crippen molar-refractivity contribution in [3.8, 4) is 0 Å². The summed E-state index contributed by atoms with van der Waals surface area (Å²) in [6.07, 6.45) is -1.51. The van der Waals surface area contributed by atoms with Crippen LogP contribution in [0.15, 0.2) is 47.5 Å². The average Bonchev–Trinajstić information content (AvgIpc) is 3.13. The molecule has 0 unspecified atom stereocenters. The van der Waals surface area contributed by atoms with Crippen molar-refractivity contribution >= 4 is 22.3 Å². The molecule has 0 aromatic heterocycles. The summed E-state index contributed by atoms with van der Waals surface area (Å²) in [5.74, 6) is -2.03. The van der Waals surface area contributed by atoms with Crippen LogP contribution in [0.2, 0.25) is 0 Å². The third-order valence-electron chi connectivity index (χ3n) is 6.24. The molecule has 6 nitrogen and oxygen atoms in total. The third-order valence-corrected chi connectivity index (χ3v) is 6.24. The van der Waals surface area contributed by atoms with Gasteiger partial charge in [-0.1, -0.05) is 24.3 Å². The second-order valence-corrected chi connectivity index (χ2v) is 7.87. The van der Waals surface area contributed by atoms with Gasteiger partial charge in [0.15, 0.2) is 17.4 Å². The molecular formula is C22H20O6. The fourth-order valence-corrected chi connectivity index (χ4v) is 4.63. The van der Waals surface area contributed by atoms with Crippen LogP contribution >= 0.6 is 0 Å². The van der Waals surface area contributed by atoms with E-state index >= 15 is 0 Å². The molecule has 0 bridgehead atoms. The normalized spacial score (nSPS) is 29.2. The summed E-state index contributed by atoms with van der Waals surface area (Å²) < 4.78 is 11.2. The number of hydrogen-bond acceptors (Lipinski definition) is 6. The molecule has 1 fully saturated rings. The molecule has 2 aromatic rings. The molecule has 5 rings (SSSR count). The number of ketones is 2. The van der Waals surface area contributed by atoms with E-state index in [2.05, 4.69) is 0 Å². The van der Waals surface area contributed by atoms with Gasteiger partial charge in [-0.25, -0.2) is 0 Å². The van der Waals surface area contributed by atoms with Crippen LogP contribution in [0, 0.1) is 0 Å². The van der Waals surface area contributed by atoms with E-state index in [4.69, 9.17) is 9.47 Å². The molecule has 1 saturated heterocycles. The van der Waals surface area contributed by atoms with Crippen molar-refractivity contribution in [1.82, 2.24) is 0 Å². The maximum Gasteiger partial charge on any atom is 0.195 e. The molecule has 2 atom stereocenters. The fourth-order valence-electron chi connectivity index (χ4n) is 4.63. The first-order valence-electron chi connectivity index (χ1n) is 9.37. The van der Waals surface area contributed by atoms with E-state index < -0.39 is 17.5 Å². The molecule has 2 N–H and O–H groups in total. The Kier molecular flexibility index (Phi) is 3.67. The number of rotatable bonds is 1. The third kappa shape index (κ3) is 2.29. The molecule has 0 spiro atoms. The van der Waals surface area contributed by atoms with Crippen molar-refractivity contribution in [1.29, 1.82) is 0 Å². The largest absolute Gasteiger partial charge is 0.388 e. The van der Waals surface area contributed by atoms with Crippen molar-refractivity contribution < 1.29 is 29.3 Å². The summed E-state index contributed by atoms with van der Waals surface area (Å²) in [4.78, 5) is 26.4. The van der Waals surface area contributed by atoms with Gasteiger partial charge in [0.25, 0.3) is 0 Å². The van der Waals surface area contributed by atoms with Crippen molar-refractivity contribution in [2.45, 2.75) is 37.3 Å². The lowest BCUT2D eigenvalue weighted by molar-refractivity contribution is -0.266. The predicted octanol–water partition coefficient (Wildman–Crippen LogP) is 2.16. The Morgan fingerprint density at radius 1 is 1.00 bits per heavy atom. The van der Waals surface area contributed by atoms with Crippen LogP contribution in [0.4, 0.5) is 0 Å². The SMILES string of the molecule is CC1([C@@]2(O)CC3=C(C(=O)c4cc5ccccc5cc4C3=O)[C@@H](O)C2)OCCO1. The highest BCUT2D eigenvalue weighted by atomic mass is 16.7. The minimum atomic E-state index is -1.61. The second kappa shape index (κ2) is 5.81. The molecular weight excluding hydrogens is 360 g/mol. The van der Waals surface area contributed by atoms with Crippen LogP contribution in [0.3, 0.4) is 0 Å². The molecule has 1 aliphatic heterocycles. The molecule has 144 valence electrons. The van der Waals surface area contributed by atoms with E-state index in [0.717, 1.165) is 10.8 Å². The Morgan fingerprint density at radius 3 is 2.18 bits per heavy atom. The highest BCUT2D eigenvalue weighted by molar-refractivity contribution is 6.28. The van der Waals surface area contributed by atoms with Crippen LogP contribution < -0.4 is 0 Å². The number of ether oxygens (including phenoxy) is 2. The van der Waals surface area contributed by atoms with E-state index in [1.165, 1.54) is 0 Å². The van der Waals surface area contributed by atoms with E-state index in [1.807, 2.05) is 24.3 Å². The van der Waals surface area contributed by atoms with Gasteiger partial charge in [-0.3, -0.25) is 9.59 Å². The molecule has 2 aromatic carbocycles.